The molecule has 0 aromatic carbocycles. The minimum atomic E-state index is -2.30. The van der Waals surface area contributed by atoms with Crippen LogP contribution in [0.3, 0.4) is 0 Å². The van der Waals surface area contributed by atoms with Gasteiger partial charge in [0.1, 0.15) is 0 Å². The average molecular weight is 168 g/mol. The molecule has 0 aliphatic heterocycles. The summed E-state index contributed by atoms with van der Waals surface area (Å²) in [5.74, 6) is -0.754. The van der Waals surface area contributed by atoms with Crippen LogP contribution in [0.1, 0.15) is 13.8 Å². The highest BCUT2D eigenvalue weighted by atomic mass is 32.1. The van der Waals surface area contributed by atoms with Gasteiger partial charge in [-0.15, -0.1) is 0 Å². The Bertz CT molecular complexity index is 122. The van der Waals surface area contributed by atoms with E-state index in [9.17, 15) is 4.57 Å². The van der Waals surface area contributed by atoms with E-state index in [0.29, 0.717) is 0 Å². The molecule has 0 aliphatic rings. The van der Waals surface area contributed by atoms with Crippen molar-refractivity contribution in [3.05, 3.63) is 0 Å². The lowest BCUT2D eigenvalue weighted by Gasteiger charge is -2.14. The maximum Gasteiger partial charge on any atom is 0.525 e. The van der Waals surface area contributed by atoms with Gasteiger partial charge in [0.15, 0.2) is 0 Å². The second-order valence-electron chi connectivity index (χ2n) is 2.40. The fraction of sp³-hybridized carbons (Fsp3) is 1.00. The second-order valence-corrected chi connectivity index (χ2v) is 4.72. The molecule has 0 radical (unpaired) electrons. The molecule has 0 saturated heterocycles. The van der Waals surface area contributed by atoms with Crippen molar-refractivity contribution in [2.75, 3.05) is 0 Å². The maximum absolute atomic E-state index is 10.3. The van der Waals surface area contributed by atoms with Crippen LogP contribution in [0.5, 0.6) is 0 Å². The van der Waals surface area contributed by atoms with Crippen molar-refractivity contribution in [2.45, 2.75) is 24.4 Å². The van der Waals surface area contributed by atoms with Gasteiger partial charge in [-0.2, -0.15) is 17.5 Å². The largest absolute Gasteiger partial charge is 0.525 e. The first kappa shape index (κ1) is 9.37. The topological polar surface area (TPSA) is 63.3 Å². The highest BCUT2D eigenvalue weighted by Gasteiger charge is 2.37. The monoisotopic (exact) mass is 168 g/mol. The number of nitrogens with two attached hydrogens (primary N) is 1. The lowest BCUT2D eigenvalue weighted by atomic mass is 10.2. The van der Waals surface area contributed by atoms with E-state index in [2.05, 4.69) is 12.6 Å². The zero-order valence-corrected chi connectivity index (χ0v) is 7.19. The molecule has 0 bridgehead atoms. The van der Waals surface area contributed by atoms with Gasteiger partial charge in [0, 0.05) is 0 Å². The normalized spacial score (nSPS) is 17.2. The van der Waals surface area contributed by atoms with Crippen LogP contribution >= 0.6 is 20.7 Å². The highest BCUT2D eigenvalue weighted by Crippen LogP contribution is 2.31. The van der Waals surface area contributed by atoms with Crippen molar-refractivity contribution in [2.24, 2.45) is 5.73 Å². The molecule has 0 aromatic heterocycles. The standard InChI is InChI=1S/C4H10NO2PS/c1-4(2,9)3(5)8(6)7/h3H,5H2,1-2H3,(H-,6,7,9)/p+1. The SMILES string of the molecule is CC(C)(S)C(N)[P+](=O)O. The smallest absolute Gasteiger partial charge is 0.284 e. The summed E-state index contributed by atoms with van der Waals surface area (Å²) in [6, 6.07) is 0. The van der Waals surface area contributed by atoms with Crippen molar-refractivity contribution >= 4 is 20.7 Å². The van der Waals surface area contributed by atoms with E-state index in [1.165, 1.54) is 0 Å². The molecule has 9 heavy (non-hydrogen) atoms. The van der Waals surface area contributed by atoms with E-state index >= 15 is 0 Å². The lowest BCUT2D eigenvalue weighted by molar-refractivity contribution is 0.476. The predicted molar refractivity (Wildman–Crippen MR) is 40.9 cm³/mol. The van der Waals surface area contributed by atoms with Crippen LogP contribution in [-0.4, -0.2) is 15.4 Å². The summed E-state index contributed by atoms with van der Waals surface area (Å²) >= 11 is 4.02. The van der Waals surface area contributed by atoms with Gasteiger partial charge in [-0.05, 0) is 18.4 Å². The summed E-state index contributed by atoms with van der Waals surface area (Å²) in [7, 11) is -2.30. The number of rotatable bonds is 2. The van der Waals surface area contributed by atoms with Gasteiger partial charge in [0.2, 0.25) is 0 Å². The molecule has 5 heteroatoms. The maximum atomic E-state index is 10.3. The molecule has 3 nitrogen and oxygen atoms in total. The fourth-order valence-corrected chi connectivity index (χ4v) is 1.11. The zero-order valence-electron chi connectivity index (χ0n) is 5.40. The van der Waals surface area contributed by atoms with E-state index in [1.807, 2.05) is 0 Å². The number of hydrogen-bond acceptors (Lipinski definition) is 3. The van der Waals surface area contributed by atoms with Crippen LogP contribution in [0.25, 0.3) is 0 Å². The molecular formula is C4H11NO2PS+. The highest BCUT2D eigenvalue weighted by molar-refractivity contribution is 7.82. The molecule has 0 aromatic rings. The molecule has 0 fully saturated rings. The van der Waals surface area contributed by atoms with Gasteiger partial charge >= 0.3 is 8.03 Å². The van der Waals surface area contributed by atoms with Crippen LogP contribution in [0.2, 0.25) is 0 Å². The van der Waals surface area contributed by atoms with Gasteiger partial charge in [-0.1, -0.05) is 0 Å². The summed E-state index contributed by atoms with van der Waals surface area (Å²) in [6.07, 6.45) is 0. The molecule has 0 heterocycles. The molecule has 3 N–H and O–H groups in total. The predicted octanol–water partition coefficient (Wildman–Crippen LogP) is 0.714. The Hall–Kier alpha value is 0.370. The van der Waals surface area contributed by atoms with E-state index in [1.54, 1.807) is 13.8 Å². The molecule has 0 amide bonds. The Morgan fingerprint density at radius 1 is 1.78 bits per heavy atom. The van der Waals surface area contributed by atoms with Crippen molar-refractivity contribution in [1.82, 2.24) is 0 Å². The zero-order chi connectivity index (χ0) is 7.65. The third-order valence-electron chi connectivity index (χ3n) is 0.962. The Morgan fingerprint density at radius 2 is 2.11 bits per heavy atom. The Labute approximate surface area is 60.9 Å². The van der Waals surface area contributed by atoms with E-state index in [4.69, 9.17) is 10.6 Å². The Kier molecular flexibility index (Phi) is 3.09. The molecule has 0 rings (SSSR count). The molecular weight excluding hydrogens is 157 g/mol. The second kappa shape index (κ2) is 2.97. The number of hydrogen-bond donors (Lipinski definition) is 3. The third kappa shape index (κ3) is 3.16. The summed E-state index contributed by atoms with van der Waals surface area (Å²) in [5.41, 5.74) is 5.28. The van der Waals surface area contributed by atoms with Crippen LogP contribution in [-0.2, 0) is 4.57 Å². The van der Waals surface area contributed by atoms with E-state index < -0.39 is 18.6 Å². The van der Waals surface area contributed by atoms with Gasteiger partial charge in [0.25, 0.3) is 5.78 Å². The van der Waals surface area contributed by atoms with Gasteiger partial charge in [-0.3, -0.25) is 5.73 Å². The van der Waals surface area contributed by atoms with Crippen LogP contribution in [0.15, 0.2) is 0 Å². The minimum absolute atomic E-state index is 0.581. The van der Waals surface area contributed by atoms with Gasteiger partial charge < -0.3 is 0 Å². The lowest BCUT2D eigenvalue weighted by Crippen LogP contribution is -2.35. The third-order valence-corrected chi connectivity index (χ3v) is 2.57. The summed E-state index contributed by atoms with van der Waals surface area (Å²) < 4.78 is 9.74. The Balaban J connectivity index is 4.04. The quantitative estimate of drug-likeness (QED) is 0.420. The molecule has 0 aliphatic carbocycles. The van der Waals surface area contributed by atoms with Gasteiger partial charge in [-0.25, -0.2) is 0 Å². The first-order chi connectivity index (χ1) is 3.85. The summed E-state index contributed by atoms with van der Waals surface area (Å²) in [5, 5.41) is 0. The average Bonchev–Trinajstić information content (AvgIpc) is 1.62. The molecule has 2 atom stereocenters. The number of thiol groups is 1. The Morgan fingerprint density at radius 3 is 2.11 bits per heavy atom. The van der Waals surface area contributed by atoms with Crippen molar-refractivity contribution in [3.63, 3.8) is 0 Å². The van der Waals surface area contributed by atoms with Gasteiger partial charge in [0.05, 0.1) is 4.75 Å². The first-order valence-electron chi connectivity index (χ1n) is 2.49. The molecule has 2 unspecified atom stereocenters. The first-order valence-corrected chi connectivity index (χ1v) is 4.22. The van der Waals surface area contributed by atoms with Crippen molar-refractivity contribution in [1.29, 1.82) is 0 Å². The fourth-order valence-electron chi connectivity index (χ4n) is 0.270. The molecule has 0 spiro atoms. The van der Waals surface area contributed by atoms with E-state index in [-0.39, 0.29) is 0 Å². The summed E-state index contributed by atoms with van der Waals surface area (Å²) in [4.78, 5) is 8.49. The van der Waals surface area contributed by atoms with Crippen LogP contribution < -0.4 is 5.73 Å². The van der Waals surface area contributed by atoms with Crippen LogP contribution in [0, 0.1) is 0 Å². The van der Waals surface area contributed by atoms with Crippen molar-refractivity contribution < 1.29 is 9.46 Å². The minimum Gasteiger partial charge on any atom is -0.284 e. The van der Waals surface area contributed by atoms with Crippen LogP contribution in [0.4, 0.5) is 0 Å². The van der Waals surface area contributed by atoms with E-state index in [0.717, 1.165) is 0 Å². The van der Waals surface area contributed by atoms with Crippen molar-refractivity contribution in [3.8, 4) is 0 Å². The molecule has 54 valence electrons. The summed E-state index contributed by atoms with van der Waals surface area (Å²) in [6.45, 7) is 3.40. The molecule has 0 saturated carbocycles.